The Labute approximate surface area is 106 Å². The molecule has 0 unspecified atom stereocenters. The second kappa shape index (κ2) is 5.67. The van der Waals surface area contributed by atoms with Crippen LogP contribution in [0.5, 0.6) is 5.75 Å². The lowest BCUT2D eigenvalue weighted by Gasteiger charge is -2.27. The summed E-state index contributed by atoms with van der Waals surface area (Å²) in [5.41, 5.74) is 0.633. The molecule has 0 amide bonds. The molecule has 1 aliphatic heterocycles. The van der Waals surface area contributed by atoms with Crippen molar-refractivity contribution >= 4 is 11.6 Å². The van der Waals surface area contributed by atoms with Crippen LogP contribution in [0.4, 0.5) is 4.39 Å². The van der Waals surface area contributed by atoms with E-state index in [0.29, 0.717) is 22.9 Å². The monoisotopic (exact) mass is 258 g/mol. The summed E-state index contributed by atoms with van der Waals surface area (Å²) < 4.78 is 18.8. The Hall–Kier alpha value is -0.840. The lowest BCUT2D eigenvalue weighted by atomic mass is 10.1. The van der Waals surface area contributed by atoms with Gasteiger partial charge in [0.25, 0.3) is 0 Å². The van der Waals surface area contributed by atoms with Gasteiger partial charge < -0.3 is 10.1 Å². The molecule has 1 heterocycles. The van der Waals surface area contributed by atoms with Gasteiger partial charge in [-0.05, 0) is 12.1 Å². The summed E-state index contributed by atoms with van der Waals surface area (Å²) in [7, 11) is 1.54. The van der Waals surface area contributed by atoms with Gasteiger partial charge in [0.2, 0.25) is 0 Å². The third kappa shape index (κ3) is 3.09. The maximum absolute atomic E-state index is 13.7. The van der Waals surface area contributed by atoms with Crippen molar-refractivity contribution < 1.29 is 9.13 Å². The zero-order valence-corrected chi connectivity index (χ0v) is 10.6. The third-order valence-electron chi connectivity index (χ3n) is 2.92. The number of hydrogen-bond donors (Lipinski definition) is 1. The van der Waals surface area contributed by atoms with E-state index in [-0.39, 0.29) is 5.82 Å². The first kappa shape index (κ1) is 12.6. The summed E-state index contributed by atoms with van der Waals surface area (Å²) >= 11 is 5.86. The van der Waals surface area contributed by atoms with Crippen LogP contribution in [0.15, 0.2) is 12.1 Å². The van der Waals surface area contributed by atoms with Gasteiger partial charge in [0.05, 0.1) is 12.1 Å². The van der Waals surface area contributed by atoms with Gasteiger partial charge in [-0.2, -0.15) is 0 Å². The number of rotatable bonds is 3. The molecule has 1 N–H and O–H groups in total. The predicted octanol–water partition coefficient (Wildman–Crippen LogP) is 1.89. The van der Waals surface area contributed by atoms with E-state index in [2.05, 4.69) is 10.2 Å². The van der Waals surface area contributed by atoms with E-state index < -0.39 is 0 Å². The average Bonchev–Trinajstić information content (AvgIpc) is 2.34. The van der Waals surface area contributed by atoms with E-state index in [1.807, 2.05) is 0 Å². The van der Waals surface area contributed by atoms with Crippen LogP contribution in [0, 0.1) is 5.82 Å². The summed E-state index contributed by atoms with van der Waals surface area (Å²) in [6.07, 6.45) is 0. The lowest BCUT2D eigenvalue weighted by molar-refractivity contribution is 0.230. The maximum atomic E-state index is 13.7. The molecule has 17 heavy (non-hydrogen) atoms. The topological polar surface area (TPSA) is 24.5 Å². The number of ether oxygens (including phenoxy) is 1. The SMILES string of the molecule is COc1cc(CN2CCNCC2)c(F)cc1Cl. The molecule has 94 valence electrons. The summed E-state index contributed by atoms with van der Waals surface area (Å²) in [4.78, 5) is 2.21. The number of nitrogens with one attached hydrogen (secondary N) is 1. The van der Waals surface area contributed by atoms with Gasteiger partial charge in [-0.15, -0.1) is 0 Å². The largest absolute Gasteiger partial charge is 0.495 e. The molecule has 5 heteroatoms. The van der Waals surface area contributed by atoms with Crippen LogP contribution in [-0.4, -0.2) is 38.2 Å². The van der Waals surface area contributed by atoms with Crippen LogP contribution in [-0.2, 0) is 6.54 Å². The fraction of sp³-hybridized carbons (Fsp3) is 0.500. The molecular formula is C12H16ClFN2O. The Morgan fingerprint density at radius 2 is 2.12 bits per heavy atom. The standard InChI is InChI=1S/C12H16ClFN2O/c1-17-12-6-9(11(14)7-10(12)13)8-16-4-2-15-3-5-16/h6-7,15H,2-5,8H2,1H3. The van der Waals surface area contributed by atoms with Gasteiger partial charge in [-0.1, -0.05) is 11.6 Å². The van der Waals surface area contributed by atoms with Crippen LogP contribution in [0.3, 0.4) is 0 Å². The predicted molar refractivity (Wildman–Crippen MR) is 66.1 cm³/mol. The van der Waals surface area contributed by atoms with Crippen molar-refractivity contribution in [3.63, 3.8) is 0 Å². The summed E-state index contributed by atoms with van der Waals surface area (Å²) in [5.74, 6) is 0.257. The van der Waals surface area contributed by atoms with Crippen LogP contribution in [0.25, 0.3) is 0 Å². The summed E-state index contributed by atoms with van der Waals surface area (Å²) in [5, 5.41) is 3.58. The Kier molecular flexibility index (Phi) is 4.20. The van der Waals surface area contributed by atoms with E-state index >= 15 is 0 Å². The van der Waals surface area contributed by atoms with Gasteiger partial charge in [-0.3, -0.25) is 4.90 Å². The molecule has 0 saturated carbocycles. The van der Waals surface area contributed by atoms with Gasteiger partial charge in [0.1, 0.15) is 11.6 Å². The highest BCUT2D eigenvalue weighted by Crippen LogP contribution is 2.28. The fourth-order valence-electron chi connectivity index (χ4n) is 1.96. The highest BCUT2D eigenvalue weighted by atomic mass is 35.5. The fourth-order valence-corrected chi connectivity index (χ4v) is 2.19. The molecule has 1 saturated heterocycles. The van der Waals surface area contributed by atoms with Crippen molar-refractivity contribution in [2.75, 3.05) is 33.3 Å². The van der Waals surface area contributed by atoms with Crippen molar-refractivity contribution in [2.45, 2.75) is 6.54 Å². The number of piperazine rings is 1. The van der Waals surface area contributed by atoms with Gasteiger partial charge in [0, 0.05) is 38.3 Å². The van der Waals surface area contributed by atoms with E-state index in [9.17, 15) is 4.39 Å². The Balaban J connectivity index is 2.13. The van der Waals surface area contributed by atoms with Crippen molar-refractivity contribution in [3.8, 4) is 5.75 Å². The Bertz CT molecular complexity index is 394. The minimum Gasteiger partial charge on any atom is -0.495 e. The van der Waals surface area contributed by atoms with E-state index in [1.165, 1.54) is 13.2 Å². The summed E-state index contributed by atoms with van der Waals surface area (Å²) in [6, 6.07) is 3.00. The second-order valence-electron chi connectivity index (χ2n) is 4.10. The molecule has 0 bridgehead atoms. The number of benzene rings is 1. The Morgan fingerprint density at radius 1 is 1.41 bits per heavy atom. The van der Waals surface area contributed by atoms with Crippen LogP contribution < -0.4 is 10.1 Å². The van der Waals surface area contributed by atoms with Crippen molar-refractivity contribution in [1.82, 2.24) is 10.2 Å². The van der Waals surface area contributed by atoms with Crippen molar-refractivity contribution in [2.24, 2.45) is 0 Å². The minimum atomic E-state index is -0.269. The molecule has 0 atom stereocenters. The van der Waals surface area contributed by atoms with Gasteiger partial charge in [-0.25, -0.2) is 4.39 Å². The van der Waals surface area contributed by atoms with E-state index in [0.717, 1.165) is 26.2 Å². The third-order valence-corrected chi connectivity index (χ3v) is 3.22. The molecule has 1 fully saturated rings. The number of hydrogen-bond acceptors (Lipinski definition) is 3. The van der Waals surface area contributed by atoms with Gasteiger partial charge >= 0.3 is 0 Å². The average molecular weight is 259 g/mol. The number of halogens is 2. The van der Waals surface area contributed by atoms with Crippen LogP contribution in [0.1, 0.15) is 5.56 Å². The molecule has 2 rings (SSSR count). The lowest BCUT2D eigenvalue weighted by Crippen LogP contribution is -2.43. The Morgan fingerprint density at radius 3 is 2.76 bits per heavy atom. The quantitative estimate of drug-likeness (QED) is 0.896. The molecule has 3 nitrogen and oxygen atoms in total. The molecule has 0 spiro atoms. The second-order valence-corrected chi connectivity index (χ2v) is 4.51. The number of methoxy groups -OCH3 is 1. The molecule has 1 aromatic rings. The minimum absolute atomic E-state index is 0.269. The molecule has 0 aromatic heterocycles. The van der Waals surface area contributed by atoms with Crippen molar-refractivity contribution in [3.05, 3.63) is 28.5 Å². The van der Waals surface area contributed by atoms with Crippen LogP contribution in [0.2, 0.25) is 5.02 Å². The normalized spacial score (nSPS) is 17.1. The molecule has 0 aliphatic carbocycles. The molecule has 1 aromatic carbocycles. The molecule has 0 radical (unpaired) electrons. The van der Waals surface area contributed by atoms with Crippen molar-refractivity contribution in [1.29, 1.82) is 0 Å². The molecule has 1 aliphatic rings. The number of nitrogens with zero attached hydrogens (tertiary/aromatic N) is 1. The highest BCUT2D eigenvalue weighted by molar-refractivity contribution is 6.32. The maximum Gasteiger partial charge on any atom is 0.137 e. The summed E-state index contributed by atoms with van der Waals surface area (Å²) in [6.45, 7) is 4.37. The first-order chi connectivity index (χ1) is 8.20. The van der Waals surface area contributed by atoms with E-state index in [1.54, 1.807) is 6.07 Å². The highest BCUT2D eigenvalue weighted by Gasteiger charge is 2.14. The smallest absolute Gasteiger partial charge is 0.137 e. The van der Waals surface area contributed by atoms with Crippen LogP contribution >= 0.6 is 11.6 Å². The first-order valence-corrected chi connectivity index (χ1v) is 6.03. The zero-order chi connectivity index (χ0) is 12.3. The van der Waals surface area contributed by atoms with E-state index in [4.69, 9.17) is 16.3 Å². The first-order valence-electron chi connectivity index (χ1n) is 5.65. The molecular weight excluding hydrogens is 243 g/mol. The van der Waals surface area contributed by atoms with Gasteiger partial charge in [0.15, 0.2) is 0 Å². The zero-order valence-electron chi connectivity index (χ0n) is 9.80.